The standard InChI is InChI=1S/C25H27FN2O3S/c1-3-13-28-19-9-6-10-20(29)23(19)24(27-25(28)32)16-11-12-21(22(14-16)30-2)31-15-17-7-4-5-8-18(17)26/h4-5,7-8,11-12,14,24H,3,6,9-10,13,15H2,1-2H3,(H,27,32). The molecule has 0 bridgehead atoms. The summed E-state index contributed by atoms with van der Waals surface area (Å²) < 4.78 is 25.3. The third kappa shape index (κ3) is 4.35. The largest absolute Gasteiger partial charge is 0.493 e. The highest BCUT2D eigenvalue weighted by Crippen LogP contribution is 2.40. The lowest BCUT2D eigenvalue weighted by Gasteiger charge is -2.41. The van der Waals surface area contributed by atoms with E-state index in [-0.39, 0.29) is 24.2 Å². The quantitative estimate of drug-likeness (QED) is 0.590. The molecule has 1 unspecified atom stereocenters. The van der Waals surface area contributed by atoms with Crippen molar-refractivity contribution in [3.8, 4) is 11.5 Å². The molecule has 1 atom stereocenters. The van der Waals surface area contributed by atoms with Gasteiger partial charge in [0.15, 0.2) is 22.4 Å². The van der Waals surface area contributed by atoms with Crippen LogP contribution >= 0.6 is 12.2 Å². The molecule has 0 aromatic heterocycles. The van der Waals surface area contributed by atoms with Crippen LogP contribution in [0.1, 0.15) is 49.8 Å². The van der Waals surface area contributed by atoms with Gasteiger partial charge in [0.1, 0.15) is 12.4 Å². The number of halogens is 1. The molecule has 0 saturated heterocycles. The fourth-order valence-electron chi connectivity index (χ4n) is 4.31. The monoisotopic (exact) mass is 454 g/mol. The van der Waals surface area contributed by atoms with E-state index in [0.717, 1.165) is 42.6 Å². The average molecular weight is 455 g/mol. The third-order valence-corrected chi connectivity index (χ3v) is 6.20. The van der Waals surface area contributed by atoms with Gasteiger partial charge in [0.2, 0.25) is 0 Å². The Labute approximate surface area is 193 Å². The van der Waals surface area contributed by atoms with Crippen molar-refractivity contribution < 1.29 is 18.7 Å². The lowest BCUT2D eigenvalue weighted by Crippen LogP contribution is -2.49. The second-order valence-corrected chi connectivity index (χ2v) is 8.35. The maximum absolute atomic E-state index is 13.9. The summed E-state index contributed by atoms with van der Waals surface area (Å²) in [5.74, 6) is 0.878. The minimum absolute atomic E-state index is 0.0912. The molecule has 1 aliphatic carbocycles. The Bertz CT molecular complexity index is 1070. The number of ketones is 1. The molecule has 0 saturated carbocycles. The number of thiocarbonyl (C=S) groups is 1. The number of rotatable bonds is 7. The summed E-state index contributed by atoms with van der Waals surface area (Å²) in [6.07, 6.45) is 3.18. The van der Waals surface area contributed by atoms with Gasteiger partial charge in [-0.05, 0) is 55.2 Å². The molecule has 1 aliphatic heterocycles. The summed E-state index contributed by atoms with van der Waals surface area (Å²) in [4.78, 5) is 15.0. The van der Waals surface area contributed by atoms with E-state index in [9.17, 15) is 9.18 Å². The number of hydrogen-bond acceptors (Lipinski definition) is 4. The molecular weight excluding hydrogens is 427 g/mol. The van der Waals surface area contributed by atoms with Gasteiger partial charge in [-0.15, -0.1) is 0 Å². The number of benzene rings is 2. The van der Waals surface area contributed by atoms with Crippen molar-refractivity contribution in [1.82, 2.24) is 10.2 Å². The van der Waals surface area contributed by atoms with Crippen molar-refractivity contribution in [2.45, 2.75) is 45.3 Å². The Kier molecular flexibility index (Phi) is 6.74. The van der Waals surface area contributed by atoms with E-state index in [1.54, 1.807) is 31.4 Å². The van der Waals surface area contributed by atoms with Crippen LogP contribution in [0.25, 0.3) is 0 Å². The number of nitrogens with one attached hydrogen (secondary N) is 1. The third-order valence-electron chi connectivity index (χ3n) is 5.87. The summed E-state index contributed by atoms with van der Waals surface area (Å²) in [5.41, 5.74) is 3.17. The van der Waals surface area contributed by atoms with Gasteiger partial charge >= 0.3 is 0 Å². The molecule has 32 heavy (non-hydrogen) atoms. The number of allylic oxidation sites excluding steroid dienone is 1. The highest BCUT2D eigenvalue weighted by molar-refractivity contribution is 7.80. The molecule has 5 nitrogen and oxygen atoms in total. The van der Waals surface area contributed by atoms with Crippen LogP contribution in [0.5, 0.6) is 11.5 Å². The van der Waals surface area contributed by atoms with Crippen LogP contribution in [-0.2, 0) is 11.4 Å². The molecule has 0 spiro atoms. The van der Waals surface area contributed by atoms with E-state index in [4.69, 9.17) is 21.7 Å². The number of hydrogen-bond donors (Lipinski definition) is 1. The normalized spacial score (nSPS) is 18.3. The highest BCUT2D eigenvalue weighted by atomic mass is 32.1. The van der Waals surface area contributed by atoms with Crippen molar-refractivity contribution in [2.75, 3.05) is 13.7 Å². The molecule has 2 aromatic carbocycles. The number of ether oxygens (including phenoxy) is 2. The molecule has 168 valence electrons. The van der Waals surface area contributed by atoms with Crippen molar-refractivity contribution in [2.24, 2.45) is 0 Å². The molecule has 2 aliphatic rings. The lowest BCUT2D eigenvalue weighted by atomic mass is 9.84. The molecule has 1 heterocycles. The fourth-order valence-corrected chi connectivity index (χ4v) is 4.63. The molecule has 7 heteroatoms. The van der Waals surface area contributed by atoms with Gasteiger partial charge in [-0.25, -0.2) is 4.39 Å². The van der Waals surface area contributed by atoms with E-state index in [2.05, 4.69) is 17.1 Å². The molecule has 2 aromatic rings. The number of carbonyl (C=O) groups excluding carboxylic acids is 1. The maximum atomic E-state index is 13.9. The molecule has 0 fully saturated rings. The van der Waals surface area contributed by atoms with Crippen molar-refractivity contribution in [3.05, 3.63) is 70.7 Å². The lowest BCUT2D eigenvalue weighted by molar-refractivity contribution is -0.116. The minimum atomic E-state index is -0.326. The van der Waals surface area contributed by atoms with Crippen LogP contribution in [0.3, 0.4) is 0 Å². The van der Waals surface area contributed by atoms with Crippen LogP contribution in [0.15, 0.2) is 53.7 Å². The summed E-state index contributed by atoms with van der Waals surface area (Å²) in [6, 6.07) is 11.7. The van der Waals surface area contributed by atoms with Gasteiger partial charge in [-0.3, -0.25) is 4.79 Å². The van der Waals surface area contributed by atoms with Gasteiger partial charge < -0.3 is 19.7 Å². The molecular formula is C25H27FN2O3S. The molecule has 1 N–H and O–H groups in total. The first-order chi connectivity index (χ1) is 15.5. The van der Waals surface area contributed by atoms with E-state index < -0.39 is 0 Å². The van der Waals surface area contributed by atoms with Gasteiger partial charge in [0.25, 0.3) is 0 Å². The van der Waals surface area contributed by atoms with Crippen LogP contribution in [-0.4, -0.2) is 29.5 Å². The van der Waals surface area contributed by atoms with Crippen molar-refractivity contribution >= 4 is 23.1 Å². The molecule has 0 radical (unpaired) electrons. The summed E-state index contributed by atoms with van der Waals surface area (Å²) in [7, 11) is 1.56. The van der Waals surface area contributed by atoms with E-state index in [0.29, 0.717) is 28.6 Å². The predicted molar refractivity (Wildman–Crippen MR) is 125 cm³/mol. The van der Waals surface area contributed by atoms with E-state index in [1.807, 2.05) is 12.1 Å². The van der Waals surface area contributed by atoms with Crippen LogP contribution < -0.4 is 14.8 Å². The first-order valence-corrected chi connectivity index (χ1v) is 11.3. The van der Waals surface area contributed by atoms with E-state index in [1.165, 1.54) is 6.07 Å². The average Bonchev–Trinajstić information content (AvgIpc) is 2.80. The van der Waals surface area contributed by atoms with Crippen molar-refractivity contribution in [3.63, 3.8) is 0 Å². The zero-order valence-corrected chi connectivity index (χ0v) is 19.1. The zero-order chi connectivity index (χ0) is 22.7. The zero-order valence-electron chi connectivity index (χ0n) is 18.3. The first-order valence-electron chi connectivity index (χ1n) is 10.9. The second kappa shape index (κ2) is 9.69. The molecule has 0 amide bonds. The second-order valence-electron chi connectivity index (χ2n) is 7.96. The smallest absolute Gasteiger partial charge is 0.173 e. The number of methoxy groups -OCH3 is 1. The Balaban J connectivity index is 1.64. The topological polar surface area (TPSA) is 50.8 Å². The van der Waals surface area contributed by atoms with Gasteiger partial charge in [-0.1, -0.05) is 31.2 Å². The van der Waals surface area contributed by atoms with Crippen LogP contribution in [0, 0.1) is 5.82 Å². The van der Waals surface area contributed by atoms with Gasteiger partial charge in [0, 0.05) is 29.8 Å². The van der Waals surface area contributed by atoms with Gasteiger partial charge in [0.05, 0.1) is 13.2 Å². The number of nitrogens with zero attached hydrogens (tertiary/aromatic N) is 1. The summed E-state index contributed by atoms with van der Waals surface area (Å²) in [5, 5.41) is 4.01. The van der Waals surface area contributed by atoms with Crippen molar-refractivity contribution in [1.29, 1.82) is 0 Å². The minimum Gasteiger partial charge on any atom is -0.493 e. The first kappa shape index (κ1) is 22.3. The SMILES string of the molecule is CCCN1C(=S)NC(c2ccc(OCc3ccccc3F)c(OC)c2)C2=C1CCCC2=O. The van der Waals surface area contributed by atoms with Crippen LogP contribution in [0.4, 0.5) is 4.39 Å². The summed E-state index contributed by atoms with van der Waals surface area (Å²) >= 11 is 5.65. The number of Topliss-reactive ketones (excluding diaryl/α,β-unsaturated/α-hetero) is 1. The highest BCUT2D eigenvalue weighted by Gasteiger charge is 2.37. The molecule has 4 rings (SSSR count). The maximum Gasteiger partial charge on any atom is 0.173 e. The predicted octanol–water partition coefficient (Wildman–Crippen LogP) is 5.06. The van der Waals surface area contributed by atoms with Crippen LogP contribution in [0.2, 0.25) is 0 Å². The summed E-state index contributed by atoms with van der Waals surface area (Å²) in [6.45, 7) is 2.98. The van der Waals surface area contributed by atoms with Gasteiger partial charge in [-0.2, -0.15) is 0 Å². The Morgan fingerprint density at radius 1 is 1.19 bits per heavy atom. The number of carbonyl (C=O) groups is 1. The van der Waals surface area contributed by atoms with E-state index >= 15 is 0 Å². The Hall–Kier alpha value is -2.93. The Morgan fingerprint density at radius 2 is 2.00 bits per heavy atom. The fraction of sp³-hybridized carbons (Fsp3) is 0.360. The Morgan fingerprint density at radius 3 is 2.75 bits per heavy atom.